The second kappa shape index (κ2) is 3.75. The van der Waals surface area contributed by atoms with Crippen LogP contribution in [0.3, 0.4) is 0 Å². The van der Waals surface area contributed by atoms with Gasteiger partial charge in [0.2, 0.25) is 0 Å². The van der Waals surface area contributed by atoms with Gasteiger partial charge in [0.1, 0.15) is 5.69 Å². The van der Waals surface area contributed by atoms with Crippen LogP contribution < -0.4 is 0 Å². The van der Waals surface area contributed by atoms with Crippen molar-refractivity contribution >= 4 is 24.2 Å². The molecule has 1 aromatic rings. The Morgan fingerprint density at radius 2 is 2.07 bits per heavy atom. The van der Waals surface area contributed by atoms with E-state index < -0.39 is 5.97 Å². The fraction of sp³-hybridized carbons (Fsp3) is 0.222. The number of aromatic carboxylic acids is 1. The van der Waals surface area contributed by atoms with Crippen molar-refractivity contribution in [1.82, 2.24) is 4.98 Å². The number of carboxylic acids is 1. The highest BCUT2D eigenvalue weighted by Gasteiger charge is 2.21. The fourth-order valence-electron chi connectivity index (χ4n) is 1.43. The third-order valence-electron chi connectivity index (χ3n) is 2.08. The van der Waals surface area contributed by atoms with Crippen LogP contribution in [-0.4, -0.2) is 21.8 Å². The third-order valence-corrected chi connectivity index (χ3v) is 2.08. The highest BCUT2D eigenvalue weighted by Crippen LogP contribution is 2.19. The molecule has 0 aromatic carbocycles. The second-order valence-electron chi connectivity index (χ2n) is 2.92. The molecule has 0 bridgehead atoms. The molecular formula is C9H8ClNO3. The minimum absolute atomic E-state index is 0. The molecule has 1 aliphatic rings. The first-order valence-corrected chi connectivity index (χ1v) is 3.95. The van der Waals surface area contributed by atoms with Crippen LogP contribution in [-0.2, 0) is 6.42 Å². The van der Waals surface area contributed by atoms with Gasteiger partial charge in [-0.3, -0.25) is 4.79 Å². The van der Waals surface area contributed by atoms with Gasteiger partial charge in [-0.25, -0.2) is 9.78 Å². The highest BCUT2D eigenvalue weighted by molar-refractivity contribution is 6.00. The first kappa shape index (κ1) is 10.7. The van der Waals surface area contributed by atoms with Gasteiger partial charge in [-0.1, -0.05) is 0 Å². The van der Waals surface area contributed by atoms with E-state index in [-0.39, 0.29) is 23.9 Å². The van der Waals surface area contributed by atoms with Crippen LogP contribution in [0.4, 0.5) is 0 Å². The molecule has 0 unspecified atom stereocenters. The summed E-state index contributed by atoms with van der Waals surface area (Å²) in [6, 6.07) is 2.91. The van der Waals surface area contributed by atoms with Crippen molar-refractivity contribution in [2.45, 2.75) is 12.8 Å². The Morgan fingerprint density at radius 3 is 2.71 bits per heavy atom. The number of aryl methyl sites for hydroxylation is 1. The summed E-state index contributed by atoms with van der Waals surface area (Å²) in [7, 11) is 0. The van der Waals surface area contributed by atoms with Gasteiger partial charge in [0.05, 0.1) is 5.69 Å². The minimum Gasteiger partial charge on any atom is -0.477 e. The number of carbonyl (C=O) groups is 2. The van der Waals surface area contributed by atoms with E-state index in [4.69, 9.17) is 5.11 Å². The zero-order valence-corrected chi connectivity index (χ0v) is 8.00. The maximum Gasteiger partial charge on any atom is 0.354 e. The molecule has 0 fully saturated rings. The lowest BCUT2D eigenvalue weighted by Crippen LogP contribution is -2.03. The van der Waals surface area contributed by atoms with Gasteiger partial charge in [-0.15, -0.1) is 12.4 Å². The lowest BCUT2D eigenvalue weighted by atomic mass is 10.2. The predicted molar refractivity (Wildman–Crippen MR) is 51.1 cm³/mol. The molecule has 1 heterocycles. The third kappa shape index (κ3) is 1.61. The molecule has 2 rings (SSSR count). The SMILES string of the molecule is Cl.O=C(O)c1ccc2c(n1)CCC2=O. The topological polar surface area (TPSA) is 67.3 Å². The van der Waals surface area contributed by atoms with E-state index in [1.54, 1.807) is 6.07 Å². The van der Waals surface area contributed by atoms with E-state index in [0.29, 0.717) is 24.1 Å². The predicted octanol–water partition coefficient (Wildman–Crippen LogP) is 1.33. The minimum atomic E-state index is -1.05. The van der Waals surface area contributed by atoms with Crippen molar-refractivity contribution < 1.29 is 14.7 Å². The first-order chi connectivity index (χ1) is 6.18. The van der Waals surface area contributed by atoms with E-state index in [0.717, 1.165) is 0 Å². The first-order valence-electron chi connectivity index (χ1n) is 3.95. The number of nitrogens with zero attached hydrogens (tertiary/aromatic N) is 1. The Balaban J connectivity index is 0.000000980. The van der Waals surface area contributed by atoms with Gasteiger partial charge in [0, 0.05) is 12.0 Å². The quantitative estimate of drug-likeness (QED) is 0.764. The van der Waals surface area contributed by atoms with Crippen LogP contribution in [0.25, 0.3) is 0 Å². The smallest absolute Gasteiger partial charge is 0.354 e. The molecule has 0 atom stereocenters. The molecule has 0 radical (unpaired) electrons. The highest BCUT2D eigenvalue weighted by atomic mass is 35.5. The van der Waals surface area contributed by atoms with Crippen molar-refractivity contribution in [1.29, 1.82) is 0 Å². The summed E-state index contributed by atoms with van der Waals surface area (Å²) >= 11 is 0. The zero-order chi connectivity index (χ0) is 9.42. The molecule has 0 amide bonds. The molecule has 1 aliphatic carbocycles. The van der Waals surface area contributed by atoms with Gasteiger partial charge in [-0.2, -0.15) is 0 Å². The Morgan fingerprint density at radius 1 is 1.36 bits per heavy atom. The van der Waals surface area contributed by atoms with Crippen molar-refractivity contribution in [3.05, 3.63) is 29.1 Å². The molecule has 0 spiro atoms. The Hall–Kier alpha value is -1.42. The van der Waals surface area contributed by atoms with Crippen molar-refractivity contribution in [3.63, 3.8) is 0 Å². The molecule has 14 heavy (non-hydrogen) atoms. The van der Waals surface area contributed by atoms with Crippen LogP contribution in [0.1, 0.15) is 33.0 Å². The monoisotopic (exact) mass is 213 g/mol. The fourth-order valence-corrected chi connectivity index (χ4v) is 1.43. The molecule has 0 saturated carbocycles. The number of rotatable bonds is 1. The summed E-state index contributed by atoms with van der Waals surface area (Å²) in [4.78, 5) is 25.6. The maximum atomic E-state index is 11.2. The molecule has 0 saturated heterocycles. The Bertz CT molecular complexity index is 403. The molecule has 74 valence electrons. The number of hydrogen-bond donors (Lipinski definition) is 1. The number of aromatic nitrogens is 1. The number of halogens is 1. The Labute approximate surface area is 86.4 Å². The van der Waals surface area contributed by atoms with Crippen molar-refractivity contribution in [2.24, 2.45) is 0 Å². The number of carbonyl (C=O) groups excluding carboxylic acids is 1. The van der Waals surface area contributed by atoms with Crippen molar-refractivity contribution in [3.8, 4) is 0 Å². The van der Waals surface area contributed by atoms with E-state index >= 15 is 0 Å². The summed E-state index contributed by atoms with van der Waals surface area (Å²) < 4.78 is 0. The van der Waals surface area contributed by atoms with Gasteiger partial charge < -0.3 is 5.11 Å². The normalized spacial score (nSPS) is 13.3. The molecule has 0 aliphatic heterocycles. The second-order valence-corrected chi connectivity index (χ2v) is 2.92. The number of hydrogen-bond acceptors (Lipinski definition) is 3. The summed E-state index contributed by atoms with van der Waals surface area (Å²) in [5.74, 6) is -0.999. The van der Waals surface area contributed by atoms with Gasteiger partial charge in [0.15, 0.2) is 5.78 Å². The summed E-state index contributed by atoms with van der Waals surface area (Å²) in [5, 5.41) is 8.63. The van der Waals surface area contributed by atoms with Gasteiger partial charge in [0.25, 0.3) is 0 Å². The summed E-state index contributed by atoms with van der Waals surface area (Å²) in [6.07, 6.45) is 1.01. The van der Waals surface area contributed by atoms with Crippen LogP contribution in [0, 0.1) is 0 Å². The number of pyridine rings is 1. The van der Waals surface area contributed by atoms with Gasteiger partial charge in [-0.05, 0) is 18.6 Å². The molecule has 1 N–H and O–H groups in total. The lowest BCUT2D eigenvalue weighted by molar-refractivity contribution is 0.0689. The number of carboxylic acid groups (broad SMARTS) is 1. The van der Waals surface area contributed by atoms with Crippen LogP contribution in [0.2, 0.25) is 0 Å². The largest absolute Gasteiger partial charge is 0.477 e. The van der Waals surface area contributed by atoms with Crippen LogP contribution >= 0.6 is 12.4 Å². The maximum absolute atomic E-state index is 11.2. The summed E-state index contributed by atoms with van der Waals surface area (Å²) in [5.41, 5.74) is 1.20. The number of Topliss-reactive ketones (excluding diaryl/α,β-unsaturated/α-hetero) is 1. The average molecular weight is 214 g/mol. The number of ketones is 1. The standard InChI is InChI=1S/C9H7NO3.ClH/c11-8-4-3-6-5(8)1-2-7(10-6)9(12)13;/h1-2H,3-4H2,(H,12,13);1H. The molecule has 5 heteroatoms. The van der Waals surface area contributed by atoms with Crippen LogP contribution in [0.15, 0.2) is 12.1 Å². The van der Waals surface area contributed by atoms with E-state index in [1.165, 1.54) is 6.07 Å². The lowest BCUT2D eigenvalue weighted by Gasteiger charge is -1.97. The van der Waals surface area contributed by atoms with Crippen LogP contribution in [0.5, 0.6) is 0 Å². The summed E-state index contributed by atoms with van der Waals surface area (Å²) in [6.45, 7) is 0. The molecule has 4 nitrogen and oxygen atoms in total. The van der Waals surface area contributed by atoms with E-state index in [2.05, 4.69) is 4.98 Å². The Kier molecular flexibility index (Phi) is 2.86. The van der Waals surface area contributed by atoms with Gasteiger partial charge >= 0.3 is 5.97 Å². The zero-order valence-electron chi connectivity index (χ0n) is 7.19. The molecule has 1 aromatic heterocycles. The van der Waals surface area contributed by atoms with Crippen molar-refractivity contribution in [2.75, 3.05) is 0 Å². The van der Waals surface area contributed by atoms with E-state index in [9.17, 15) is 9.59 Å². The number of fused-ring (bicyclic) bond motifs is 1. The molecular weight excluding hydrogens is 206 g/mol. The van der Waals surface area contributed by atoms with E-state index in [1.807, 2.05) is 0 Å². The average Bonchev–Trinajstić information content (AvgIpc) is 2.47.